The maximum Gasteiger partial charge on any atom is 0.294 e. The van der Waals surface area contributed by atoms with Crippen LogP contribution in [0.5, 0.6) is 0 Å². The van der Waals surface area contributed by atoms with E-state index in [2.05, 4.69) is 24.5 Å². The third kappa shape index (κ3) is 2.89. The van der Waals surface area contributed by atoms with Crippen LogP contribution in [0.4, 0.5) is 17.1 Å². The highest BCUT2D eigenvalue weighted by molar-refractivity contribution is 5.95. The first kappa shape index (κ1) is 14.3. The second kappa shape index (κ2) is 5.48. The maximum absolute atomic E-state index is 11.4. The van der Waals surface area contributed by atoms with Crippen molar-refractivity contribution in [2.75, 3.05) is 10.6 Å². The Morgan fingerprint density at radius 3 is 2.60 bits per heavy atom. The van der Waals surface area contributed by atoms with Crippen LogP contribution in [-0.2, 0) is 11.2 Å². The number of carbonyl (C=O) groups is 1. The van der Waals surface area contributed by atoms with Crippen LogP contribution in [0.15, 0.2) is 12.1 Å². The standard InChI is InChI=1S/C14H19N3O3/c1-8(2)9(3)15-12-6-10-4-5-14(18)16-11(10)7-13(12)17(19)20/h6-9,15H,4-5H2,1-3H3,(H,16,18). The van der Waals surface area contributed by atoms with Gasteiger partial charge in [0.2, 0.25) is 5.91 Å². The number of amides is 1. The van der Waals surface area contributed by atoms with Crippen LogP contribution >= 0.6 is 0 Å². The summed E-state index contributed by atoms with van der Waals surface area (Å²) in [4.78, 5) is 22.1. The van der Waals surface area contributed by atoms with Gasteiger partial charge in [-0.2, -0.15) is 0 Å². The molecule has 0 radical (unpaired) electrons. The van der Waals surface area contributed by atoms with Crippen molar-refractivity contribution in [2.24, 2.45) is 5.92 Å². The summed E-state index contributed by atoms with van der Waals surface area (Å²) in [6.45, 7) is 6.11. The molecule has 108 valence electrons. The molecule has 0 saturated carbocycles. The van der Waals surface area contributed by atoms with Crippen LogP contribution in [0.25, 0.3) is 0 Å². The fourth-order valence-electron chi connectivity index (χ4n) is 2.10. The number of hydrogen-bond donors (Lipinski definition) is 2. The van der Waals surface area contributed by atoms with Gasteiger partial charge < -0.3 is 10.6 Å². The van der Waals surface area contributed by atoms with Crippen molar-refractivity contribution in [2.45, 2.75) is 39.7 Å². The predicted molar refractivity (Wildman–Crippen MR) is 78.0 cm³/mol. The molecule has 1 aromatic rings. The van der Waals surface area contributed by atoms with E-state index in [1.165, 1.54) is 6.07 Å². The average molecular weight is 277 g/mol. The topological polar surface area (TPSA) is 84.3 Å². The zero-order chi connectivity index (χ0) is 14.9. The van der Waals surface area contributed by atoms with Gasteiger partial charge in [-0.1, -0.05) is 13.8 Å². The van der Waals surface area contributed by atoms with Crippen LogP contribution in [0.2, 0.25) is 0 Å². The number of rotatable bonds is 4. The van der Waals surface area contributed by atoms with Gasteiger partial charge in [0.25, 0.3) is 5.69 Å². The number of nitrogens with zero attached hydrogens (tertiary/aromatic N) is 1. The number of hydrogen-bond acceptors (Lipinski definition) is 4. The van der Waals surface area contributed by atoms with E-state index in [9.17, 15) is 14.9 Å². The third-order valence-corrected chi connectivity index (χ3v) is 3.70. The largest absolute Gasteiger partial charge is 0.377 e. The molecular formula is C14H19N3O3. The van der Waals surface area contributed by atoms with E-state index in [1.807, 2.05) is 6.92 Å². The minimum absolute atomic E-state index is 0.00144. The van der Waals surface area contributed by atoms with Gasteiger partial charge in [0.1, 0.15) is 5.69 Å². The van der Waals surface area contributed by atoms with E-state index in [0.29, 0.717) is 30.1 Å². The molecule has 1 aromatic carbocycles. The van der Waals surface area contributed by atoms with Gasteiger partial charge in [-0.25, -0.2) is 0 Å². The highest BCUT2D eigenvalue weighted by Gasteiger charge is 2.23. The Labute approximate surface area is 117 Å². The molecule has 0 saturated heterocycles. The Kier molecular flexibility index (Phi) is 3.92. The Morgan fingerprint density at radius 2 is 2.00 bits per heavy atom. The fourth-order valence-corrected chi connectivity index (χ4v) is 2.10. The minimum atomic E-state index is -0.420. The van der Waals surface area contributed by atoms with Crippen molar-refractivity contribution in [1.29, 1.82) is 0 Å². The first-order valence-electron chi connectivity index (χ1n) is 6.76. The van der Waals surface area contributed by atoms with Crippen molar-refractivity contribution in [3.63, 3.8) is 0 Å². The summed E-state index contributed by atoms with van der Waals surface area (Å²) in [5, 5.41) is 17.1. The van der Waals surface area contributed by atoms with Crippen molar-refractivity contribution < 1.29 is 9.72 Å². The molecule has 2 N–H and O–H groups in total. The molecule has 1 amide bonds. The summed E-state index contributed by atoms with van der Waals surface area (Å²) < 4.78 is 0. The lowest BCUT2D eigenvalue weighted by atomic mass is 10.00. The summed E-state index contributed by atoms with van der Waals surface area (Å²) in [6.07, 6.45) is 1.04. The average Bonchev–Trinajstić information content (AvgIpc) is 2.37. The van der Waals surface area contributed by atoms with E-state index in [1.54, 1.807) is 6.07 Å². The summed E-state index contributed by atoms with van der Waals surface area (Å²) in [5.74, 6) is 0.272. The molecule has 1 heterocycles. The molecule has 1 aliphatic rings. The molecule has 1 aliphatic heterocycles. The monoisotopic (exact) mass is 277 g/mol. The lowest BCUT2D eigenvalue weighted by Gasteiger charge is -2.22. The first-order chi connectivity index (χ1) is 9.38. The van der Waals surface area contributed by atoms with E-state index < -0.39 is 4.92 Å². The smallest absolute Gasteiger partial charge is 0.294 e. The number of aryl methyl sites for hydroxylation is 1. The second-order valence-electron chi connectivity index (χ2n) is 5.51. The number of benzene rings is 1. The van der Waals surface area contributed by atoms with E-state index in [0.717, 1.165) is 5.56 Å². The molecule has 0 aliphatic carbocycles. The first-order valence-corrected chi connectivity index (χ1v) is 6.76. The number of carbonyl (C=O) groups excluding carboxylic acids is 1. The minimum Gasteiger partial charge on any atom is -0.377 e. The Hall–Kier alpha value is -2.11. The fraction of sp³-hybridized carbons (Fsp3) is 0.500. The molecule has 0 bridgehead atoms. The Balaban J connectivity index is 2.40. The van der Waals surface area contributed by atoms with Gasteiger partial charge >= 0.3 is 0 Å². The molecule has 0 fully saturated rings. The number of nitro benzene ring substituents is 1. The van der Waals surface area contributed by atoms with Crippen LogP contribution in [0, 0.1) is 16.0 Å². The number of nitro groups is 1. The molecule has 0 spiro atoms. The Bertz CT molecular complexity index is 555. The summed E-state index contributed by atoms with van der Waals surface area (Å²) in [7, 11) is 0. The summed E-state index contributed by atoms with van der Waals surface area (Å²) in [6, 6.07) is 3.36. The zero-order valence-electron chi connectivity index (χ0n) is 11.9. The maximum atomic E-state index is 11.4. The van der Waals surface area contributed by atoms with Crippen LogP contribution in [0.1, 0.15) is 32.8 Å². The molecule has 6 nitrogen and oxygen atoms in total. The molecule has 1 unspecified atom stereocenters. The van der Waals surface area contributed by atoms with Gasteiger partial charge in [0, 0.05) is 18.5 Å². The zero-order valence-corrected chi connectivity index (χ0v) is 11.9. The SMILES string of the molecule is CC(C)C(C)Nc1cc2c(cc1[N+](=O)[O-])NC(=O)CC2. The lowest BCUT2D eigenvalue weighted by Crippen LogP contribution is -2.23. The van der Waals surface area contributed by atoms with Crippen molar-refractivity contribution >= 4 is 23.0 Å². The summed E-state index contributed by atoms with van der Waals surface area (Å²) >= 11 is 0. The van der Waals surface area contributed by atoms with Crippen molar-refractivity contribution in [3.05, 3.63) is 27.8 Å². The predicted octanol–water partition coefficient (Wildman–Crippen LogP) is 2.94. The number of nitrogens with one attached hydrogen (secondary N) is 2. The third-order valence-electron chi connectivity index (χ3n) is 3.70. The molecule has 1 atom stereocenters. The van der Waals surface area contributed by atoms with E-state index in [-0.39, 0.29) is 17.6 Å². The lowest BCUT2D eigenvalue weighted by molar-refractivity contribution is -0.383. The number of anilines is 2. The van der Waals surface area contributed by atoms with Gasteiger partial charge in [0.05, 0.1) is 10.6 Å². The Morgan fingerprint density at radius 1 is 1.30 bits per heavy atom. The van der Waals surface area contributed by atoms with Crippen molar-refractivity contribution in [3.8, 4) is 0 Å². The highest BCUT2D eigenvalue weighted by Crippen LogP contribution is 2.34. The molecular weight excluding hydrogens is 258 g/mol. The van der Waals surface area contributed by atoms with Crippen LogP contribution < -0.4 is 10.6 Å². The van der Waals surface area contributed by atoms with E-state index >= 15 is 0 Å². The highest BCUT2D eigenvalue weighted by atomic mass is 16.6. The van der Waals surface area contributed by atoms with Crippen molar-refractivity contribution in [1.82, 2.24) is 0 Å². The normalized spacial score (nSPS) is 15.5. The van der Waals surface area contributed by atoms with Gasteiger partial charge in [-0.15, -0.1) is 0 Å². The van der Waals surface area contributed by atoms with Gasteiger partial charge in [-0.3, -0.25) is 14.9 Å². The second-order valence-corrected chi connectivity index (χ2v) is 5.51. The van der Waals surface area contributed by atoms with Gasteiger partial charge in [0.15, 0.2) is 0 Å². The van der Waals surface area contributed by atoms with Gasteiger partial charge in [-0.05, 0) is 30.9 Å². The molecule has 0 aromatic heterocycles. The molecule has 2 rings (SSSR count). The molecule has 20 heavy (non-hydrogen) atoms. The number of fused-ring (bicyclic) bond motifs is 1. The quantitative estimate of drug-likeness (QED) is 0.654. The molecule has 6 heteroatoms. The van der Waals surface area contributed by atoms with Crippen LogP contribution in [0.3, 0.4) is 0 Å². The van der Waals surface area contributed by atoms with Crippen LogP contribution in [-0.4, -0.2) is 16.9 Å². The summed E-state index contributed by atoms with van der Waals surface area (Å²) in [5.41, 5.74) is 2.01. The van der Waals surface area contributed by atoms with E-state index in [4.69, 9.17) is 0 Å².